The molecule has 0 aliphatic carbocycles. The van der Waals surface area contributed by atoms with Gasteiger partial charge in [-0.3, -0.25) is 14.6 Å². The summed E-state index contributed by atoms with van der Waals surface area (Å²) in [6.07, 6.45) is 4.52. The Balaban J connectivity index is 0.00000204. The van der Waals surface area contributed by atoms with Gasteiger partial charge in [-0.1, -0.05) is 44.0 Å². The van der Waals surface area contributed by atoms with Crippen LogP contribution in [0.5, 0.6) is 0 Å². The van der Waals surface area contributed by atoms with E-state index in [0.29, 0.717) is 13.2 Å². The number of halogens is 3. The second kappa shape index (κ2) is 14.0. The number of hydrogen-bond acceptors (Lipinski definition) is 5. The number of nitrogens with one attached hydrogen (secondary N) is 1. The molecule has 0 bridgehead atoms. The molecule has 0 radical (unpaired) electrons. The number of carbonyl (C=O) groups excluding carboxylic acids is 1. The molecule has 1 unspecified atom stereocenters. The molecule has 4 rings (SSSR count). The van der Waals surface area contributed by atoms with Crippen molar-refractivity contribution in [2.45, 2.75) is 52.2 Å². The molecule has 2 aliphatic heterocycles. The van der Waals surface area contributed by atoms with Gasteiger partial charge in [-0.15, -0.1) is 36.2 Å². The molecule has 1 aromatic carbocycles. The molecule has 9 heteroatoms. The molecule has 34 heavy (non-hydrogen) atoms. The fourth-order valence-corrected chi connectivity index (χ4v) is 6.28. The number of amides is 1. The van der Waals surface area contributed by atoms with E-state index >= 15 is 0 Å². The number of ether oxygens (including phenoxy) is 1. The van der Waals surface area contributed by atoms with E-state index in [9.17, 15) is 4.79 Å². The van der Waals surface area contributed by atoms with Crippen LogP contribution in [0.2, 0.25) is 5.02 Å². The van der Waals surface area contributed by atoms with Crippen LogP contribution in [-0.4, -0.2) is 55.0 Å². The number of piperidine rings is 1. The van der Waals surface area contributed by atoms with E-state index in [-0.39, 0.29) is 36.8 Å². The van der Waals surface area contributed by atoms with Crippen molar-refractivity contribution in [2.24, 2.45) is 0 Å². The van der Waals surface area contributed by atoms with Crippen molar-refractivity contribution in [3.63, 3.8) is 0 Å². The molecule has 1 saturated heterocycles. The molecule has 2 aromatic rings. The Labute approximate surface area is 225 Å². The molecule has 5 nitrogen and oxygen atoms in total. The van der Waals surface area contributed by atoms with Crippen LogP contribution in [0.15, 0.2) is 24.3 Å². The number of nitrogens with zero attached hydrogens (tertiary/aromatic N) is 2. The van der Waals surface area contributed by atoms with Crippen LogP contribution in [-0.2, 0) is 22.6 Å². The minimum atomic E-state index is 0. The number of hydrogen-bond donors (Lipinski definition) is 1. The van der Waals surface area contributed by atoms with Gasteiger partial charge in [0.15, 0.2) is 0 Å². The highest BCUT2D eigenvalue weighted by molar-refractivity contribution is 7.16. The summed E-state index contributed by atoms with van der Waals surface area (Å²) < 4.78 is 5.76. The van der Waals surface area contributed by atoms with Crippen LogP contribution in [0.3, 0.4) is 0 Å². The van der Waals surface area contributed by atoms with E-state index in [1.54, 1.807) is 11.3 Å². The van der Waals surface area contributed by atoms with Crippen molar-refractivity contribution in [1.82, 2.24) is 9.80 Å². The Morgan fingerprint density at radius 3 is 2.47 bits per heavy atom. The highest BCUT2D eigenvalue weighted by Crippen LogP contribution is 2.44. The van der Waals surface area contributed by atoms with Gasteiger partial charge in [0, 0.05) is 15.5 Å². The maximum Gasteiger partial charge on any atom is 0.239 e. The molecule has 1 N–H and O–H groups in total. The van der Waals surface area contributed by atoms with E-state index in [1.165, 1.54) is 40.8 Å². The van der Waals surface area contributed by atoms with Crippen molar-refractivity contribution < 1.29 is 9.53 Å². The third kappa shape index (κ3) is 6.88. The molecule has 190 valence electrons. The van der Waals surface area contributed by atoms with Crippen molar-refractivity contribution in [3.8, 4) is 0 Å². The topological polar surface area (TPSA) is 44.8 Å². The van der Waals surface area contributed by atoms with Gasteiger partial charge in [-0.05, 0) is 68.7 Å². The van der Waals surface area contributed by atoms with E-state index in [0.717, 1.165) is 49.2 Å². The summed E-state index contributed by atoms with van der Waals surface area (Å²) in [6, 6.07) is 8.24. The Morgan fingerprint density at radius 1 is 1.15 bits per heavy atom. The van der Waals surface area contributed by atoms with E-state index in [4.69, 9.17) is 16.3 Å². The number of rotatable bonds is 8. The number of likely N-dealkylation sites (tertiary alicyclic amines) is 1. The molecule has 1 fully saturated rings. The summed E-state index contributed by atoms with van der Waals surface area (Å²) in [6.45, 7) is 10.1. The number of thiophene rings is 1. The lowest BCUT2D eigenvalue weighted by molar-refractivity contribution is -0.117. The van der Waals surface area contributed by atoms with Gasteiger partial charge in [0.2, 0.25) is 5.91 Å². The maximum absolute atomic E-state index is 13.1. The van der Waals surface area contributed by atoms with Crippen molar-refractivity contribution >= 4 is 58.7 Å². The van der Waals surface area contributed by atoms with Gasteiger partial charge in [0.05, 0.1) is 25.8 Å². The standard InChI is InChI=1S/C25H34ClN3O2S.2ClH/c1-3-29(4-2)24(18-8-10-19(26)11-9-18)23-20-12-15-31-17-21(20)32-25(23)27-22(30)16-28-13-6-5-7-14-28;;/h8-11,24H,3-7,12-17H2,1-2H3,(H,27,30);2*1H. The van der Waals surface area contributed by atoms with Crippen LogP contribution in [0, 0.1) is 0 Å². The number of fused-ring (bicyclic) bond motifs is 1. The van der Waals surface area contributed by atoms with Gasteiger partial charge in [-0.2, -0.15) is 0 Å². The van der Waals surface area contributed by atoms with Gasteiger partial charge >= 0.3 is 0 Å². The van der Waals surface area contributed by atoms with E-state index in [2.05, 4.69) is 41.1 Å². The number of benzene rings is 1. The molecule has 2 aliphatic rings. The first-order valence-electron chi connectivity index (χ1n) is 11.8. The third-order valence-electron chi connectivity index (χ3n) is 6.57. The van der Waals surface area contributed by atoms with E-state index < -0.39 is 0 Å². The lowest BCUT2D eigenvalue weighted by Gasteiger charge is -2.32. The summed E-state index contributed by atoms with van der Waals surface area (Å²) in [5.74, 6) is 0.0852. The minimum absolute atomic E-state index is 0. The molecule has 0 spiro atoms. The first-order valence-corrected chi connectivity index (χ1v) is 13.0. The summed E-state index contributed by atoms with van der Waals surface area (Å²) in [4.78, 5) is 19.0. The van der Waals surface area contributed by atoms with Crippen molar-refractivity contribution in [1.29, 1.82) is 0 Å². The SMILES string of the molecule is CCN(CC)C(c1ccc(Cl)cc1)c1c(NC(=O)CN2CCCCC2)sc2c1CCOC2.Cl.Cl. The van der Waals surface area contributed by atoms with Crippen molar-refractivity contribution in [3.05, 3.63) is 50.9 Å². The molecule has 3 heterocycles. The molecule has 1 atom stereocenters. The van der Waals surface area contributed by atoms with Gasteiger partial charge in [-0.25, -0.2) is 0 Å². The third-order valence-corrected chi connectivity index (χ3v) is 7.96. The molecular formula is C25H36Cl3N3O2S. The Bertz CT molecular complexity index is 913. The lowest BCUT2D eigenvalue weighted by Crippen LogP contribution is -2.37. The average molecular weight is 549 g/mol. The fourth-order valence-electron chi connectivity index (χ4n) is 4.92. The quantitative estimate of drug-likeness (QED) is 0.428. The maximum atomic E-state index is 13.1. The monoisotopic (exact) mass is 547 g/mol. The van der Waals surface area contributed by atoms with Crippen LogP contribution in [0.1, 0.15) is 60.7 Å². The lowest BCUT2D eigenvalue weighted by atomic mass is 9.92. The van der Waals surface area contributed by atoms with Gasteiger partial charge in [0.25, 0.3) is 0 Å². The minimum Gasteiger partial charge on any atom is -0.376 e. The zero-order valence-electron chi connectivity index (χ0n) is 20.0. The number of anilines is 1. The average Bonchev–Trinajstić information content (AvgIpc) is 3.16. The first-order chi connectivity index (χ1) is 15.6. The smallest absolute Gasteiger partial charge is 0.239 e. The van der Waals surface area contributed by atoms with Crippen LogP contribution in [0.25, 0.3) is 0 Å². The first kappa shape index (κ1) is 29.4. The van der Waals surface area contributed by atoms with Crippen molar-refractivity contribution in [2.75, 3.05) is 44.6 Å². The van der Waals surface area contributed by atoms with Crippen LogP contribution < -0.4 is 5.32 Å². The van der Waals surface area contributed by atoms with E-state index in [1.807, 2.05) is 12.1 Å². The van der Waals surface area contributed by atoms with Crippen LogP contribution >= 0.6 is 47.8 Å². The number of carbonyl (C=O) groups is 1. The van der Waals surface area contributed by atoms with Gasteiger partial charge in [0.1, 0.15) is 5.00 Å². The van der Waals surface area contributed by atoms with Crippen LogP contribution in [0.4, 0.5) is 5.00 Å². The predicted molar refractivity (Wildman–Crippen MR) is 147 cm³/mol. The normalized spacial score (nSPS) is 16.8. The molecule has 0 saturated carbocycles. The fraction of sp³-hybridized carbons (Fsp3) is 0.560. The second-order valence-corrected chi connectivity index (χ2v) is 10.2. The zero-order valence-corrected chi connectivity index (χ0v) is 23.2. The summed E-state index contributed by atoms with van der Waals surface area (Å²) >= 11 is 7.90. The summed E-state index contributed by atoms with van der Waals surface area (Å²) in [5.41, 5.74) is 3.80. The second-order valence-electron chi connectivity index (χ2n) is 8.61. The predicted octanol–water partition coefficient (Wildman–Crippen LogP) is 6.17. The molecule has 1 amide bonds. The molecule has 1 aromatic heterocycles. The summed E-state index contributed by atoms with van der Waals surface area (Å²) in [7, 11) is 0. The Morgan fingerprint density at radius 2 is 1.82 bits per heavy atom. The van der Waals surface area contributed by atoms with Gasteiger partial charge < -0.3 is 10.1 Å². The highest BCUT2D eigenvalue weighted by atomic mass is 35.5. The largest absolute Gasteiger partial charge is 0.376 e. The Hall–Kier alpha value is -0.860. The highest BCUT2D eigenvalue weighted by Gasteiger charge is 2.31. The zero-order chi connectivity index (χ0) is 22.5. The Kier molecular flexibility index (Phi) is 12.1. The molecular weight excluding hydrogens is 513 g/mol. The summed E-state index contributed by atoms with van der Waals surface area (Å²) in [5, 5.41) is 5.03.